The summed E-state index contributed by atoms with van der Waals surface area (Å²) in [5.41, 5.74) is 4.75. The van der Waals surface area contributed by atoms with Gasteiger partial charge >= 0.3 is 0 Å². The Balaban J connectivity index is 1.65. The number of anilines is 1. The molecule has 1 saturated heterocycles. The van der Waals surface area contributed by atoms with Gasteiger partial charge in [-0.25, -0.2) is 5.48 Å². The lowest BCUT2D eigenvalue weighted by molar-refractivity contribution is -0.133. The van der Waals surface area contributed by atoms with E-state index in [9.17, 15) is 14.4 Å². The average molecular weight is 448 g/mol. The third-order valence-corrected chi connectivity index (χ3v) is 5.67. The van der Waals surface area contributed by atoms with Crippen LogP contribution in [0.25, 0.3) is 12.2 Å². The van der Waals surface area contributed by atoms with E-state index < -0.39 is 5.91 Å². The molecule has 172 valence electrons. The molecule has 2 aromatic rings. The summed E-state index contributed by atoms with van der Waals surface area (Å²) >= 11 is 0. The van der Waals surface area contributed by atoms with E-state index in [1.54, 1.807) is 24.6 Å². The Hall–Kier alpha value is -3.71. The van der Waals surface area contributed by atoms with Gasteiger partial charge in [-0.2, -0.15) is 0 Å². The SMILES string of the molecule is CC(=O)N1[C@H](C)CN(c2ccc(C(=O)/C=C/c3cccc(/C=C/C(=O)NO)c3)cc2)C[C@@H]1C. The summed E-state index contributed by atoms with van der Waals surface area (Å²) in [7, 11) is 0. The average Bonchev–Trinajstić information content (AvgIpc) is 2.80. The molecule has 0 saturated carbocycles. The van der Waals surface area contributed by atoms with Crippen LogP contribution < -0.4 is 10.4 Å². The van der Waals surface area contributed by atoms with Gasteiger partial charge in [-0.3, -0.25) is 19.6 Å². The minimum Gasteiger partial charge on any atom is -0.367 e. The van der Waals surface area contributed by atoms with Gasteiger partial charge in [-0.15, -0.1) is 0 Å². The Morgan fingerprint density at radius 2 is 1.52 bits per heavy atom. The molecule has 1 aliphatic heterocycles. The first-order valence-electron chi connectivity index (χ1n) is 10.9. The predicted octanol–water partition coefficient (Wildman–Crippen LogP) is 3.55. The topological polar surface area (TPSA) is 90.0 Å². The van der Waals surface area contributed by atoms with Crippen molar-refractivity contribution in [2.75, 3.05) is 18.0 Å². The van der Waals surface area contributed by atoms with E-state index >= 15 is 0 Å². The molecule has 33 heavy (non-hydrogen) atoms. The molecule has 7 nitrogen and oxygen atoms in total. The molecule has 0 spiro atoms. The number of carbonyl (C=O) groups is 3. The van der Waals surface area contributed by atoms with Gasteiger partial charge in [0.1, 0.15) is 0 Å². The van der Waals surface area contributed by atoms with Gasteiger partial charge in [0.25, 0.3) is 5.91 Å². The zero-order valence-electron chi connectivity index (χ0n) is 19.1. The largest absolute Gasteiger partial charge is 0.367 e. The number of benzene rings is 2. The number of hydrogen-bond acceptors (Lipinski definition) is 5. The van der Waals surface area contributed by atoms with Gasteiger partial charge in [0, 0.05) is 49.4 Å². The normalized spacial score (nSPS) is 18.7. The molecule has 0 radical (unpaired) electrons. The smallest absolute Gasteiger partial charge is 0.267 e. The van der Waals surface area contributed by atoms with E-state index in [0.29, 0.717) is 5.56 Å². The highest BCUT2D eigenvalue weighted by Gasteiger charge is 2.31. The lowest BCUT2D eigenvalue weighted by Gasteiger charge is -2.45. The first-order chi connectivity index (χ1) is 15.8. The number of nitrogens with zero attached hydrogens (tertiary/aromatic N) is 2. The summed E-state index contributed by atoms with van der Waals surface area (Å²) in [6.07, 6.45) is 6.04. The monoisotopic (exact) mass is 447 g/mol. The fourth-order valence-corrected chi connectivity index (χ4v) is 4.23. The molecule has 2 aromatic carbocycles. The molecule has 2 atom stereocenters. The quantitative estimate of drug-likeness (QED) is 0.306. The van der Waals surface area contributed by atoms with Crippen molar-refractivity contribution in [3.05, 3.63) is 77.4 Å². The predicted molar refractivity (Wildman–Crippen MR) is 129 cm³/mol. The zero-order valence-corrected chi connectivity index (χ0v) is 19.1. The number of piperazine rings is 1. The maximum absolute atomic E-state index is 12.6. The van der Waals surface area contributed by atoms with Crippen LogP contribution in [0.4, 0.5) is 5.69 Å². The molecule has 0 aromatic heterocycles. The maximum atomic E-state index is 12.6. The van der Waals surface area contributed by atoms with E-state index in [1.807, 2.05) is 53.4 Å². The number of nitrogens with one attached hydrogen (secondary N) is 1. The summed E-state index contributed by atoms with van der Waals surface area (Å²) in [5, 5.41) is 8.55. The highest BCUT2D eigenvalue weighted by molar-refractivity contribution is 6.07. The summed E-state index contributed by atoms with van der Waals surface area (Å²) in [4.78, 5) is 39.8. The Morgan fingerprint density at radius 3 is 2.06 bits per heavy atom. The van der Waals surface area contributed by atoms with Crippen molar-refractivity contribution >= 4 is 35.4 Å². The molecule has 3 rings (SSSR count). The molecule has 1 heterocycles. The fraction of sp³-hybridized carbons (Fsp3) is 0.269. The number of carbonyl (C=O) groups excluding carboxylic acids is 3. The van der Waals surface area contributed by atoms with Crippen LogP contribution in [-0.2, 0) is 9.59 Å². The van der Waals surface area contributed by atoms with Gasteiger partial charge in [-0.1, -0.05) is 24.3 Å². The molecule has 0 unspecified atom stereocenters. The summed E-state index contributed by atoms with van der Waals surface area (Å²) in [6.45, 7) is 7.22. The molecule has 1 aliphatic rings. The summed E-state index contributed by atoms with van der Waals surface area (Å²) in [5.74, 6) is -0.621. The fourth-order valence-electron chi connectivity index (χ4n) is 4.23. The molecule has 1 fully saturated rings. The van der Waals surface area contributed by atoms with Crippen LogP contribution in [0, 0.1) is 0 Å². The number of rotatable bonds is 6. The first kappa shape index (κ1) is 23.9. The highest BCUT2D eigenvalue weighted by atomic mass is 16.5. The van der Waals surface area contributed by atoms with Crippen molar-refractivity contribution in [1.29, 1.82) is 0 Å². The second kappa shape index (κ2) is 10.7. The maximum Gasteiger partial charge on any atom is 0.267 e. The minimum absolute atomic E-state index is 0.0968. The summed E-state index contributed by atoms with van der Waals surface area (Å²) in [6, 6.07) is 15.1. The van der Waals surface area contributed by atoms with Gasteiger partial charge in [0.2, 0.25) is 5.91 Å². The van der Waals surface area contributed by atoms with Gasteiger partial charge in [0.05, 0.1) is 0 Å². The Bertz CT molecular complexity index is 1060. The second-order valence-corrected chi connectivity index (χ2v) is 8.25. The van der Waals surface area contributed by atoms with Crippen molar-refractivity contribution in [2.45, 2.75) is 32.9 Å². The summed E-state index contributed by atoms with van der Waals surface area (Å²) < 4.78 is 0. The van der Waals surface area contributed by atoms with Gasteiger partial charge < -0.3 is 9.80 Å². The molecule has 0 bridgehead atoms. The van der Waals surface area contributed by atoms with E-state index in [-0.39, 0.29) is 23.8 Å². The van der Waals surface area contributed by atoms with Crippen molar-refractivity contribution in [1.82, 2.24) is 10.4 Å². The van der Waals surface area contributed by atoms with E-state index in [1.165, 1.54) is 12.2 Å². The van der Waals surface area contributed by atoms with E-state index in [4.69, 9.17) is 5.21 Å². The Labute approximate surface area is 194 Å². The van der Waals surface area contributed by atoms with Crippen LogP contribution in [-0.4, -0.2) is 52.9 Å². The first-order valence-corrected chi connectivity index (χ1v) is 10.9. The van der Waals surface area contributed by atoms with E-state index in [2.05, 4.69) is 18.7 Å². The molecular formula is C26H29N3O4. The van der Waals surface area contributed by atoms with Gasteiger partial charge in [0.15, 0.2) is 5.78 Å². The zero-order chi connectivity index (χ0) is 24.0. The Kier molecular flexibility index (Phi) is 7.79. The van der Waals surface area contributed by atoms with Gasteiger partial charge in [-0.05, 0) is 67.5 Å². The van der Waals surface area contributed by atoms with Crippen molar-refractivity contribution in [2.24, 2.45) is 0 Å². The highest BCUT2D eigenvalue weighted by Crippen LogP contribution is 2.23. The minimum atomic E-state index is -0.612. The number of hydroxylamine groups is 1. The van der Waals surface area contributed by atoms with Crippen LogP contribution in [0.2, 0.25) is 0 Å². The number of hydrogen-bond donors (Lipinski definition) is 2. The lowest BCUT2D eigenvalue weighted by atomic mass is 10.0. The molecule has 7 heteroatoms. The van der Waals surface area contributed by atoms with Crippen LogP contribution in [0.15, 0.2) is 60.7 Å². The van der Waals surface area contributed by atoms with Crippen molar-refractivity contribution < 1.29 is 19.6 Å². The third-order valence-electron chi connectivity index (χ3n) is 5.67. The number of allylic oxidation sites excluding steroid dienone is 1. The molecule has 0 aliphatic carbocycles. The number of ketones is 1. The van der Waals surface area contributed by atoms with E-state index in [0.717, 1.165) is 29.9 Å². The molecule has 2 amide bonds. The number of amides is 2. The molecule has 2 N–H and O–H groups in total. The standard InChI is InChI=1S/C26H29N3O4/c1-18-16-28(17-19(2)29(18)20(3)30)24-11-9-23(10-12-24)25(31)13-7-21-5-4-6-22(15-21)8-14-26(32)27-33/h4-15,18-19,33H,16-17H2,1-3H3,(H,27,32)/b13-7+,14-8+/t18-,19+. The van der Waals surface area contributed by atoms with Crippen molar-refractivity contribution in [3.63, 3.8) is 0 Å². The van der Waals surface area contributed by atoms with Crippen molar-refractivity contribution in [3.8, 4) is 0 Å². The lowest BCUT2D eigenvalue weighted by Crippen LogP contribution is -2.58. The van der Waals surface area contributed by atoms with Crippen LogP contribution in [0.1, 0.15) is 42.3 Å². The second-order valence-electron chi connectivity index (χ2n) is 8.25. The Morgan fingerprint density at radius 1 is 0.939 bits per heavy atom. The third kappa shape index (κ3) is 6.17. The van der Waals surface area contributed by atoms with Crippen LogP contribution in [0.3, 0.4) is 0 Å². The van der Waals surface area contributed by atoms with Crippen LogP contribution >= 0.6 is 0 Å². The molecular weight excluding hydrogens is 418 g/mol. The van der Waals surface area contributed by atoms with Crippen LogP contribution in [0.5, 0.6) is 0 Å².